The van der Waals surface area contributed by atoms with Gasteiger partial charge < -0.3 is 14.8 Å². The van der Waals surface area contributed by atoms with Crippen LogP contribution < -0.4 is 19.1 Å². The van der Waals surface area contributed by atoms with E-state index in [1.807, 2.05) is 19.9 Å². The number of aryl methyl sites for hydroxylation is 2. The first kappa shape index (κ1) is 19.0. The summed E-state index contributed by atoms with van der Waals surface area (Å²) in [6, 6.07) is 10.7. The molecular formula is C19H22N2O5S. The molecule has 7 nitrogen and oxygen atoms in total. The van der Waals surface area contributed by atoms with E-state index >= 15 is 0 Å². The summed E-state index contributed by atoms with van der Waals surface area (Å²) in [5.41, 5.74) is 3.05. The van der Waals surface area contributed by atoms with Gasteiger partial charge >= 0.3 is 0 Å². The molecular weight excluding hydrogens is 368 g/mol. The van der Waals surface area contributed by atoms with Crippen LogP contribution in [0.15, 0.2) is 36.4 Å². The fourth-order valence-electron chi connectivity index (χ4n) is 2.98. The first-order valence-corrected chi connectivity index (χ1v) is 10.3. The maximum Gasteiger partial charge on any atom is 0.232 e. The zero-order valence-electron chi connectivity index (χ0n) is 15.5. The lowest BCUT2D eigenvalue weighted by Crippen LogP contribution is -2.33. The first-order chi connectivity index (χ1) is 12.7. The number of sulfonamides is 1. The Bertz CT molecular complexity index is 952. The summed E-state index contributed by atoms with van der Waals surface area (Å²) >= 11 is 0. The van der Waals surface area contributed by atoms with Crippen molar-refractivity contribution in [2.24, 2.45) is 0 Å². The lowest BCUT2D eigenvalue weighted by atomic mass is 10.1. The Morgan fingerprint density at radius 3 is 2.41 bits per heavy atom. The van der Waals surface area contributed by atoms with Gasteiger partial charge in [0.1, 0.15) is 0 Å². The molecule has 1 heterocycles. The third kappa shape index (κ3) is 4.71. The van der Waals surface area contributed by atoms with Gasteiger partial charge in [0, 0.05) is 24.7 Å². The number of carbonyl (C=O) groups excluding carboxylic acids is 1. The maximum atomic E-state index is 12.3. The van der Waals surface area contributed by atoms with E-state index in [9.17, 15) is 13.2 Å². The van der Waals surface area contributed by atoms with Gasteiger partial charge in [-0.15, -0.1) is 0 Å². The molecule has 2 aromatic carbocycles. The molecule has 0 aliphatic carbocycles. The van der Waals surface area contributed by atoms with E-state index in [1.54, 1.807) is 30.3 Å². The smallest absolute Gasteiger partial charge is 0.232 e. The number of hydrogen-bond donors (Lipinski definition) is 1. The Balaban J connectivity index is 1.69. The molecule has 1 aliphatic rings. The van der Waals surface area contributed by atoms with Crippen molar-refractivity contribution in [2.75, 3.05) is 29.2 Å². The lowest BCUT2D eigenvalue weighted by Gasteiger charge is -2.23. The van der Waals surface area contributed by atoms with E-state index in [4.69, 9.17) is 9.47 Å². The molecule has 0 unspecified atom stereocenters. The van der Waals surface area contributed by atoms with Crippen molar-refractivity contribution in [1.29, 1.82) is 0 Å². The molecule has 0 saturated carbocycles. The second-order valence-electron chi connectivity index (χ2n) is 6.55. The molecule has 0 aromatic heterocycles. The summed E-state index contributed by atoms with van der Waals surface area (Å²) in [5, 5.41) is 2.76. The van der Waals surface area contributed by atoms with Crippen LogP contribution in [0.4, 0.5) is 11.4 Å². The zero-order chi connectivity index (χ0) is 19.6. The number of fused-ring (bicyclic) bond motifs is 1. The molecule has 3 rings (SSSR count). The number of nitrogens with zero attached hydrogens (tertiary/aromatic N) is 1. The predicted octanol–water partition coefficient (Wildman–Crippen LogP) is 2.83. The molecule has 1 N–H and O–H groups in total. The molecule has 0 bridgehead atoms. The van der Waals surface area contributed by atoms with E-state index in [2.05, 4.69) is 5.32 Å². The highest BCUT2D eigenvalue weighted by Crippen LogP contribution is 2.34. The molecule has 144 valence electrons. The molecule has 0 saturated heterocycles. The third-order valence-electron chi connectivity index (χ3n) is 4.09. The summed E-state index contributed by atoms with van der Waals surface area (Å²) in [6.07, 6.45) is 1.16. The molecule has 8 heteroatoms. The summed E-state index contributed by atoms with van der Waals surface area (Å²) in [4.78, 5) is 12.3. The summed E-state index contributed by atoms with van der Waals surface area (Å²) in [7, 11) is -3.51. The molecule has 27 heavy (non-hydrogen) atoms. The normalized spacial score (nSPS) is 12.7. The van der Waals surface area contributed by atoms with Crippen molar-refractivity contribution in [2.45, 2.75) is 20.3 Å². The number of benzene rings is 2. The zero-order valence-corrected chi connectivity index (χ0v) is 16.3. The lowest BCUT2D eigenvalue weighted by molar-refractivity contribution is -0.116. The van der Waals surface area contributed by atoms with Crippen molar-refractivity contribution in [3.8, 4) is 11.5 Å². The van der Waals surface area contributed by atoms with Crippen LogP contribution in [0.25, 0.3) is 0 Å². The Morgan fingerprint density at radius 2 is 1.74 bits per heavy atom. The Morgan fingerprint density at radius 1 is 1.07 bits per heavy atom. The number of carbonyl (C=O) groups is 1. The van der Waals surface area contributed by atoms with Crippen LogP contribution in [-0.2, 0) is 14.8 Å². The minimum Gasteiger partial charge on any atom is -0.454 e. The average Bonchev–Trinajstić information content (AvgIpc) is 3.00. The minimum absolute atomic E-state index is 0.0223. The van der Waals surface area contributed by atoms with Gasteiger partial charge in [-0.05, 0) is 49.2 Å². The highest BCUT2D eigenvalue weighted by atomic mass is 32.2. The van der Waals surface area contributed by atoms with E-state index in [0.29, 0.717) is 22.9 Å². The Labute approximate surface area is 158 Å². The van der Waals surface area contributed by atoms with E-state index < -0.39 is 10.0 Å². The van der Waals surface area contributed by atoms with Crippen molar-refractivity contribution in [3.63, 3.8) is 0 Å². The van der Waals surface area contributed by atoms with Crippen LogP contribution in [0, 0.1) is 13.8 Å². The third-order valence-corrected chi connectivity index (χ3v) is 5.29. The monoisotopic (exact) mass is 390 g/mol. The van der Waals surface area contributed by atoms with Gasteiger partial charge in [-0.1, -0.05) is 6.07 Å². The second-order valence-corrected chi connectivity index (χ2v) is 8.45. The van der Waals surface area contributed by atoms with Crippen LogP contribution in [0.1, 0.15) is 17.5 Å². The van der Waals surface area contributed by atoms with Gasteiger partial charge in [0.2, 0.25) is 22.7 Å². The van der Waals surface area contributed by atoms with Crippen LogP contribution >= 0.6 is 0 Å². The second kappa shape index (κ2) is 7.48. The van der Waals surface area contributed by atoms with Crippen LogP contribution in [0.2, 0.25) is 0 Å². The molecule has 1 aliphatic heterocycles. The molecule has 0 atom stereocenters. The van der Waals surface area contributed by atoms with Crippen LogP contribution in [0.3, 0.4) is 0 Å². The fraction of sp³-hybridized carbons (Fsp3) is 0.316. The maximum absolute atomic E-state index is 12.3. The van der Waals surface area contributed by atoms with Gasteiger partial charge in [-0.25, -0.2) is 8.42 Å². The van der Waals surface area contributed by atoms with E-state index in [-0.39, 0.29) is 25.7 Å². The summed E-state index contributed by atoms with van der Waals surface area (Å²) in [5.74, 6) is 0.916. The van der Waals surface area contributed by atoms with Crippen molar-refractivity contribution in [3.05, 3.63) is 47.5 Å². The largest absolute Gasteiger partial charge is 0.454 e. The average molecular weight is 390 g/mol. The fourth-order valence-corrected chi connectivity index (χ4v) is 3.89. The summed E-state index contributed by atoms with van der Waals surface area (Å²) in [6.45, 7) is 4.02. The topological polar surface area (TPSA) is 84.9 Å². The number of anilines is 2. The number of amides is 1. The Kier molecular flexibility index (Phi) is 5.27. The molecule has 0 radical (unpaired) electrons. The van der Waals surface area contributed by atoms with Gasteiger partial charge in [0.05, 0.1) is 11.9 Å². The predicted molar refractivity (Wildman–Crippen MR) is 104 cm³/mol. The minimum atomic E-state index is -3.51. The van der Waals surface area contributed by atoms with Gasteiger partial charge in [-0.2, -0.15) is 0 Å². The molecule has 2 aromatic rings. The number of hydrogen-bond acceptors (Lipinski definition) is 5. The first-order valence-electron chi connectivity index (χ1n) is 8.48. The molecule has 0 spiro atoms. The quantitative estimate of drug-likeness (QED) is 0.820. The van der Waals surface area contributed by atoms with Gasteiger partial charge in [-0.3, -0.25) is 9.10 Å². The van der Waals surface area contributed by atoms with Gasteiger partial charge in [0.25, 0.3) is 0 Å². The van der Waals surface area contributed by atoms with Crippen molar-refractivity contribution in [1.82, 2.24) is 0 Å². The van der Waals surface area contributed by atoms with E-state index in [0.717, 1.165) is 17.4 Å². The molecule has 1 amide bonds. The van der Waals surface area contributed by atoms with Gasteiger partial charge in [0.15, 0.2) is 11.5 Å². The van der Waals surface area contributed by atoms with Crippen molar-refractivity contribution < 1.29 is 22.7 Å². The number of nitrogens with one attached hydrogen (secondary N) is 1. The van der Waals surface area contributed by atoms with Crippen LogP contribution in [0.5, 0.6) is 11.5 Å². The van der Waals surface area contributed by atoms with Crippen LogP contribution in [-0.4, -0.2) is 33.9 Å². The van der Waals surface area contributed by atoms with E-state index in [1.165, 1.54) is 4.31 Å². The SMILES string of the molecule is Cc1cc(C)cc(N(CCC(=O)Nc2ccc3c(c2)OCO3)S(C)(=O)=O)c1. The highest BCUT2D eigenvalue weighted by molar-refractivity contribution is 7.92. The molecule has 0 fully saturated rings. The summed E-state index contributed by atoms with van der Waals surface area (Å²) < 4.78 is 36.2. The standard InChI is InChI=1S/C19H22N2O5S/c1-13-8-14(2)10-16(9-13)21(27(3,23)24)7-6-19(22)20-15-4-5-17-18(11-15)26-12-25-17/h4-5,8-11H,6-7,12H2,1-3H3,(H,20,22). The highest BCUT2D eigenvalue weighted by Gasteiger charge is 2.20. The Hall–Kier alpha value is -2.74. The number of rotatable bonds is 6. The number of ether oxygens (including phenoxy) is 2. The van der Waals surface area contributed by atoms with Crippen molar-refractivity contribution >= 4 is 27.3 Å².